The highest BCUT2D eigenvalue weighted by molar-refractivity contribution is 5.71. The zero-order valence-electron chi connectivity index (χ0n) is 17.1. The molecule has 0 radical (unpaired) electrons. The number of ether oxygens (including phenoxy) is 2. The molecule has 2 heterocycles. The van der Waals surface area contributed by atoms with E-state index in [1.807, 2.05) is 0 Å². The molecule has 0 bridgehead atoms. The van der Waals surface area contributed by atoms with Crippen molar-refractivity contribution in [3.8, 4) is 0 Å². The van der Waals surface area contributed by atoms with Gasteiger partial charge < -0.3 is 9.47 Å². The summed E-state index contributed by atoms with van der Waals surface area (Å²) in [5.41, 5.74) is -2.56. The minimum Gasteiger partial charge on any atom is -0.447 e. The largest absolute Gasteiger partial charge is 0.447 e. The van der Waals surface area contributed by atoms with Gasteiger partial charge in [0.2, 0.25) is 0 Å². The van der Waals surface area contributed by atoms with Crippen molar-refractivity contribution in [2.45, 2.75) is 43.4 Å². The summed E-state index contributed by atoms with van der Waals surface area (Å²) >= 11 is 0. The molecule has 4 nitrogen and oxygen atoms in total. The second-order valence-corrected chi connectivity index (χ2v) is 8.04. The first-order valence-electron chi connectivity index (χ1n) is 9.98. The first-order valence-corrected chi connectivity index (χ1v) is 9.98. The van der Waals surface area contributed by atoms with Gasteiger partial charge in [-0.25, -0.2) is 9.18 Å². The smallest absolute Gasteiger partial charge is 0.416 e. The molecule has 0 aromatic heterocycles. The van der Waals surface area contributed by atoms with Gasteiger partial charge in [-0.05, 0) is 48.4 Å². The lowest BCUT2D eigenvalue weighted by atomic mass is 9.93. The van der Waals surface area contributed by atoms with Crippen molar-refractivity contribution in [3.05, 3.63) is 70.5 Å². The molecule has 0 N–H and O–H groups in total. The third-order valence-electron chi connectivity index (χ3n) is 5.92. The molecule has 1 amide bonds. The number of hydrogen-bond acceptors (Lipinski definition) is 3. The maximum absolute atomic E-state index is 13.4. The van der Waals surface area contributed by atoms with Crippen molar-refractivity contribution < 1.29 is 45.0 Å². The average Bonchev–Trinajstić information content (AvgIpc) is 3.27. The van der Waals surface area contributed by atoms with E-state index in [-0.39, 0.29) is 24.8 Å². The maximum atomic E-state index is 13.4. The number of halogens is 7. The summed E-state index contributed by atoms with van der Waals surface area (Å²) in [7, 11) is 0. The Morgan fingerprint density at radius 3 is 2.12 bits per heavy atom. The molecule has 0 spiro atoms. The Morgan fingerprint density at radius 1 is 1.00 bits per heavy atom. The molecule has 0 aliphatic carbocycles. The molecule has 0 saturated carbocycles. The summed E-state index contributed by atoms with van der Waals surface area (Å²) < 4.78 is 104. The van der Waals surface area contributed by atoms with Crippen molar-refractivity contribution in [1.82, 2.24) is 4.90 Å². The van der Waals surface area contributed by atoms with Crippen LogP contribution >= 0.6 is 0 Å². The van der Waals surface area contributed by atoms with Crippen molar-refractivity contribution >= 4 is 6.09 Å². The molecule has 2 saturated heterocycles. The number of rotatable bonds is 4. The third kappa shape index (κ3) is 4.64. The molecule has 4 atom stereocenters. The molecule has 0 unspecified atom stereocenters. The summed E-state index contributed by atoms with van der Waals surface area (Å²) in [6.07, 6.45) is -12.5. The number of nitrogens with zero attached hydrogens (tertiary/aromatic N) is 1. The standard InChI is InChI=1S/C22H18F7NO3/c1-11(13-6-14(21(24,25)26)8-15(7-13)22(27,28)29)33-19-17(12-2-4-16(23)5-3-12)9-30-18(19)10-32-20(30)31/h2-8,11,17-19H,9-10H2,1H3/t11-,17-,18+,19-/m1/s1. The lowest BCUT2D eigenvalue weighted by Gasteiger charge is -2.27. The van der Waals surface area contributed by atoms with E-state index in [4.69, 9.17) is 9.47 Å². The molecular formula is C22H18F7NO3. The zero-order chi connectivity index (χ0) is 24.1. The zero-order valence-corrected chi connectivity index (χ0v) is 17.1. The molecule has 2 aliphatic heterocycles. The van der Waals surface area contributed by atoms with E-state index in [0.717, 1.165) is 0 Å². The summed E-state index contributed by atoms with van der Waals surface area (Å²) in [6.45, 7) is 1.46. The van der Waals surface area contributed by atoms with Crippen molar-refractivity contribution in [3.63, 3.8) is 0 Å². The van der Waals surface area contributed by atoms with Crippen LogP contribution in [0.15, 0.2) is 42.5 Å². The van der Waals surface area contributed by atoms with Crippen LogP contribution in [0.1, 0.15) is 41.2 Å². The second-order valence-electron chi connectivity index (χ2n) is 8.04. The molecule has 2 fully saturated rings. The van der Waals surface area contributed by atoms with Gasteiger partial charge >= 0.3 is 18.4 Å². The van der Waals surface area contributed by atoms with E-state index >= 15 is 0 Å². The molecule has 11 heteroatoms. The van der Waals surface area contributed by atoms with Crippen LogP contribution in [-0.4, -0.2) is 36.3 Å². The number of cyclic esters (lactones) is 1. The van der Waals surface area contributed by atoms with Crippen LogP contribution in [-0.2, 0) is 21.8 Å². The summed E-state index contributed by atoms with van der Waals surface area (Å²) in [5, 5.41) is 0. The topological polar surface area (TPSA) is 38.8 Å². The van der Waals surface area contributed by atoms with Gasteiger partial charge in [0, 0.05) is 12.5 Å². The first kappa shape index (κ1) is 23.3. The van der Waals surface area contributed by atoms with Crippen LogP contribution in [0.5, 0.6) is 0 Å². The lowest BCUT2D eigenvalue weighted by molar-refractivity contribution is -0.143. The molecular weight excluding hydrogens is 459 g/mol. The fourth-order valence-corrected chi connectivity index (χ4v) is 4.25. The van der Waals surface area contributed by atoms with Crippen LogP contribution < -0.4 is 0 Å². The Hall–Kier alpha value is -2.82. The number of alkyl halides is 6. The number of fused-ring (bicyclic) bond motifs is 1. The first-order chi connectivity index (χ1) is 15.3. The van der Waals surface area contributed by atoms with Gasteiger partial charge in [-0.3, -0.25) is 4.90 Å². The minimum absolute atomic E-state index is 0.0374. The van der Waals surface area contributed by atoms with Crippen LogP contribution in [0.4, 0.5) is 35.5 Å². The van der Waals surface area contributed by atoms with Gasteiger partial charge in [-0.15, -0.1) is 0 Å². The van der Waals surface area contributed by atoms with Gasteiger partial charge in [0.1, 0.15) is 12.4 Å². The Labute approximate surface area is 183 Å². The SMILES string of the molecule is C[C@@H](O[C@@H]1[C@@H](c2ccc(F)cc2)CN2C(=O)OC[C@@H]12)c1cc(C(F)(F)F)cc(C(F)(F)F)c1. The van der Waals surface area contributed by atoms with Crippen LogP contribution in [0.25, 0.3) is 0 Å². The summed E-state index contributed by atoms with van der Waals surface area (Å²) in [6, 6.07) is 6.16. The number of hydrogen-bond donors (Lipinski definition) is 0. The highest BCUT2D eigenvalue weighted by Gasteiger charge is 2.51. The molecule has 178 valence electrons. The van der Waals surface area contributed by atoms with E-state index in [2.05, 4.69) is 0 Å². The fourth-order valence-electron chi connectivity index (χ4n) is 4.25. The molecule has 2 aromatic rings. The third-order valence-corrected chi connectivity index (χ3v) is 5.92. The summed E-state index contributed by atoms with van der Waals surface area (Å²) in [4.78, 5) is 13.4. The number of carbonyl (C=O) groups is 1. The number of amides is 1. The van der Waals surface area contributed by atoms with Gasteiger partial charge in [0.05, 0.1) is 29.4 Å². The lowest BCUT2D eigenvalue weighted by Crippen LogP contribution is -2.35. The van der Waals surface area contributed by atoms with Gasteiger partial charge in [-0.2, -0.15) is 26.3 Å². The molecule has 33 heavy (non-hydrogen) atoms. The van der Waals surface area contributed by atoms with Crippen molar-refractivity contribution in [2.24, 2.45) is 0 Å². The molecule has 2 aromatic carbocycles. The number of benzene rings is 2. The highest BCUT2D eigenvalue weighted by atomic mass is 19.4. The molecule has 4 rings (SSSR count). The van der Waals surface area contributed by atoms with E-state index in [9.17, 15) is 35.5 Å². The van der Waals surface area contributed by atoms with Crippen LogP contribution in [0.3, 0.4) is 0 Å². The predicted octanol–water partition coefficient (Wildman–Crippen LogP) is 5.93. The van der Waals surface area contributed by atoms with E-state index in [0.29, 0.717) is 17.7 Å². The Bertz CT molecular complexity index is 1000. The van der Waals surface area contributed by atoms with E-state index in [1.165, 1.54) is 36.1 Å². The normalized spacial score (nSPS) is 24.1. The average molecular weight is 477 g/mol. The Balaban J connectivity index is 1.67. The quantitative estimate of drug-likeness (QED) is 0.513. The number of carbonyl (C=O) groups excluding carboxylic acids is 1. The van der Waals surface area contributed by atoms with E-state index in [1.54, 1.807) is 0 Å². The van der Waals surface area contributed by atoms with Gasteiger partial charge in [-0.1, -0.05) is 12.1 Å². The maximum Gasteiger partial charge on any atom is 0.416 e. The van der Waals surface area contributed by atoms with Crippen LogP contribution in [0, 0.1) is 5.82 Å². The van der Waals surface area contributed by atoms with Crippen molar-refractivity contribution in [2.75, 3.05) is 13.2 Å². The van der Waals surface area contributed by atoms with Crippen LogP contribution in [0.2, 0.25) is 0 Å². The van der Waals surface area contributed by atoms with Gasteiger partial charge in [0.15, 0.2) is 0 Å². The summed E-state index contributed by atoms with van der Waals surface area (Å²) in [5.74, 6) is -0.954. The predicted molar refractivity (Wildman–Crippen MR) is 101 cm³/mol. The second kappa shape index (κ2) is 8.19. The Kier molecular flexibility index (Phi) is 5.80. The highest BCUT2D eigenvalue weighted by Crippen LogP contribution is 2.42. The Morgan fingerprint density at radius 2 is 1.58 bits per heavy atom. The minimum atomic E-state index is -4.98. The molecule has 2 aliphatic rings. The fraction of sp³-hybridized carbons (Fsp3) is 0.409. The monoisotopic (exact) mass is 477 g/mol. The van der Waals surface area contributed by atoms with Gasteiger partial charge in [0.25, 0.3) is 0 Å². The van der Waals surface area contributed by atoms with Crippen molar-refractivity contribution in [1.29, 1.82) is 0 Å². The van der Waals surface area contributed by atoms with E-state index < -0.39 is 59.6 Å².